The third-order valence-corrected chi connectivity index (χ3v) is 5.13. The Morgan fingerprint density at radius 3 is 2.67 bits per heavy atom. The lowest BCUT2D eigenvalue weighted by molar-refractivity contribution is -0.186. The molecule has 0 radical (unpaired) electrons. The topological polar surface area (TPSA) is 64.6 Å². The molecule has 27 heavy (non-hydrogen) atoms. The first-order chi connectivity index (χ1) is 12.9. The number of carbonyl (C=O) groups is 1. The molecule has 0 aliphatic carbocycles. The van der Waals surface area contributed by atoms with Crippen LogP contribution in [0.1, 0.15) is 30.8 Å². The Kier molecular flexibility index (Phi) is 4.66. The van der Waals surface area contributed by atoms with Crippen LogP contribution in [0, 0.1) is 0 Å². The van der Waals surface area contributed by atoms with Crippen molar-refractivity contribution in [3.63, 3.8) is 0 Å². The lowest BCUT2D eigenvalue weighted by atomic mass is 9.94. The molecule has 0 N–H and O–H groups in total. The van der Waals surface area contributed by atoms with Gasteiger partial charge in [-0.05, 0) is 44.2 Å². The van der Waals surface area contributed by atoms with Gasteiger partial charge in [0, 0.05) is 36.4 Å². The van der Waals surface area contributed by atoms with Crippen LogP contribution in [0.2, 0.25) is 5.02 Å². The van der Waals surface area contributed by atoms with E-state index < -0.39 is 11.2 Å². The first-order valence-corrected chi connectivity index (χ1v) is 9.40. The van der Waals surface area contributed by atoms with E-state index in [0.717, 1.165) is 12.0 Å². The van der Waals surface area contributed by atoms with Gasteiger partial charge in [0.1, 0.15) is 11.3 Å². The Hall–Kier alpha value is -2.02. The van der Waals surface area contributed by atoms with E-state index in [0.29, 0.717) is 42.8 Å². The van der Waals surface area contributed by atoms with Crippen LogP contribution in [0.3, 0.4) is 0 Å². The highest BCUT2D eigenvalue weighted by atomic mass is 35.5. The number of hydrogen-bond acceptors (Lipinski definition) is 5. The second-order valence-electron chi connectivity index (χ2n) is 7.78. The van der Waals surface area contributed by atoms with Gasteiger partial charge in [-0.25, -0.2) is 9.97 Å². The molecule has 2 saturated heterocycles. The van der Waals surface area contributed by atoms with Gasteiger partial charge >= 0.3 is 0 Å². The van der Waals surface area contributed by atoms with Gasteiger partial charge in [0.2, 0.25) is 0 Å². The van der Waals surface area contributed by atoms with Crippen molar-refractivity contribution in [2.75, 3.05) is 26.3 Å². The largest absolute Gasteiger partial charge is 0.378 e. The summed E-state index contributed by atoms with van der Waals surface area (Å²) in [6, 6.07) is 8.90. The third-order valence-electron chi connectivity index (χ3n) is 4.87. The van der Waals surface area contributed by atoms with Crippen LogP contribution in [0.5, 0.6) is 0 Å². The van der Waals surface area contributed by atoms with Gasteiger partial charge in [-0.3, -0.25) is 4.79 Å². The molecule has 1 aromatic carbocycles. The standard InChI is InChI=1S/C20H22ClN3O3/c1-19(2)11-24(12-20(27-19)8-10-26-13-20)18(25)16-7-9-22-17(23-16)14-3-5-15(21)6-4-14/h3-7,9H,8,10-13H2,1-2H3. The minimum Gasteiger partial charge on any atom is -0.378 e. The fourth-order valence-electron chi connectivity index (χ4n) is 3.83. The number of hydrogen-bond donors (Lipinski definition) is 0. The van der Waals surface area contributed by atoms with E-state index in [1.807, 2.05) is 30.9 Å². The zero-order chi connectivity index (χ0) is 19.1. The number of morpholine rings is 1. The quantitative estimate of drug-likeness (QED) is 0.791. The first kappa shape index (κ1) is 18.3. The van der Waals surface area contributed by atoms with E-state index in [1.165, 1.54) is 0 Å². The molecule has 2 fully saturated rings. The maximum absolute atomic E-state index is 13.2. The van der Waals surface area contributed by atoms with Gasteiger partial charge in [-0.2, -0.15) is 0 Å². The molecule has 0 bridgehead atoms. The molecule has 3 heterocycles. The number of aromatic nitrogens is 2. The van der Waals surface area contributed by atoms with Gasteiger partial charge in [-0.15, -0.1) is 0 Å². The lowest BCUT2D eigenvalue weighted by Gasteiger charge is -2.47. The van der Waals surface area contributed by atoms with E-state index in [1.54, 1.807) is 24.4 Å². The Labute approximate surface area is 163 Å². The molecule has 2 aliphatic rings. The zero-order valence-corrected chi connectivity index (χ0v) is 16.2. The summed E-state index contributed by atoms with van der Waals surface area (Å²) in [5, 5.41) is 0.644. The van der Waals surface area contributed by atoms with Crippen molar-refractivity contribution in [3.05, 3.63) is 47.2 Å². The van der Waals surface area contributed by atoms with Crippen molar-refractivity contribution in [1.82, 2.24) is 14.9 Å². The number of benzene rings is 1. The Balaban J connectivity index is 1.60. The summed E-state index contributed by atoms with van der Waals surface area (Å²) in [5.41, 5.74) is 0.329. The average Bonchev–Trinajstić information content (AvgIpc) is 3.07. The Morgan fingerprint density at radius 1 is 1.19 bits per heavy atom. The molecule has 1 unspecified atom stereocenters. The maximum atomic E-state index is 13.2. The Bertz CT molecular complexity index is 848. The fourth-order valence-corrected chi connectivity index (χ4v) is 3.96. The molecule has 1 atom stereocenters. The molecule has 2 aliphatic heterocycles. The summed E-state index contributed by atoms with van der Waals surface area (Å²) in [5.74, 6) is 0.388. The number of carbonyl (C=O) groups excluding carboxylic acids is 1. The highest BCUT2D eigenvalue weighted by Crippen LogP contribution is 2.35. The highest BCUT2D eigenvalue weighted by molar-refractivity contribution is 6.30. The SMILES string of the molecule is CC1(C)CN(C(=O)c2ccnc(-c3ccc(Cl)cc3)n2)CC2(CCOC2)O1. The van der Waals surface area contributed by atoms with Crippen LogP contribution < -0.4 is 0 Å². The second kappa shape index (κ2) is 6.86. The summed E-state index contributed by atoms with van der Waals surface area (Å²) in [6.45, 7) is 6.20. The first-order valence-electron chi connectivity index (χ1n) is 9.02. The minimum absolute atomic E-state index is 0.115. The van der Waals surface area contributed by atoms with E-state index in [9.17, 15) is 4.79 Å². The molecule has 7 heteroatoms. The fraction of sp³-hybridized carbons (Fsp3) is 0.450. The van der Waals surface area contributed by atoms with Crippen LogP contribution >= 0.6 is 11.6 Å². The van der Waals surface area contributed by atoms with E-state index in [-0.39, 0.29) is 5.91 Å². The molecule has 1 amide bonds. The summed E-state index contributed by atoms with van der Waals surface area (Å²) >= 11 is 5.94. The highest BCUT2D eigenvalue weighted by Gasteiger charge is 2.48. The number of amides is 1. The predicted octanol–water partition coefficient (Wildman–Crippen LogP) is 3.21. The number of ether oxygens (including phenoxy) is 2. The van der Waals surface area contributed by atoms with Crippen molar-refractivity contribution in [2.24, 2.45) is 0 Å². The van der Waals surface area contributed by atoms with Crippen molar-refractivity contribution >= 4 is 17.5 Å². The molecule has 6 nitrogen and oxygen atoms in total. The van der Waals surface area contributed by atoms with Crippen molar-refractivity contribution in [3.8, 4) is 11.4 Å². The average molecular weight is 388 g/mol. The summed E-state index contributed by atoms with van der Waals surface area (Å²) < 4.78 is 11.8. The van der Waals surface area contributed by atoms with Gasteiger partial charge in [-0.1, -0.05) is 11.6 Å². The summed E-state index contributed by atoms with van der Waals surface area (Å²) in [4.78, 5) is 23.8. The van der Waals surface area contributed by atoms with Crippen molar-refractivity contribution in [2.45, 2.75) is 31.5 Å². The molecule has 2 aromatic rings. The molecule has 1 aromatic heterocycles. The van der Waals surface area contributed by atoms with Crippen molar-refractivity contribution in [1.29, 1.82) is 0 Å². The predicted molar refractivity (Wildman–Crippen MR) is 102 cm³/mol. The molecular weight excluding hydrogens is 366 g/mol. The number of rotatable bonds is 2. The normalized spacial score (nSPS) is 24.3. The van der Waals surface area contributed by atoms with E-state index >= 15 is 0 Å². The van der Waals surface area contributed by atoms with Crippen LogP contribution in [-0.2, 0) is 9.47 Å². The number of nitrogens with zero attached hydrogens (tertiary/aromatic N) is 3. The molecule has 4 rings (SSSR count). The second-order valence-corrected chi connectivity index (χ2v) is 8.22. The van der Waals surface area contributed by atoms with Gasteiger partial charge in [0.05, 0.1) is 18.8 Å². The van der Waals surface area contributed by atoms with Crippen LogP contribution in [0.25, 0.3) is 11.4 Å². The summed E-state index contributed by atoms with van der Waals surface area (Å²) in [7, 11) is 0. The Morgan fingerprint density at radius 2 is 1.96 bits per heavy atom. The lowest BCUT2D eigenvalue weighted by Crippen LogP contribution is -2.61. The third kappa shape index (κ3) is 3.83. The van der Waals surface area contributed by atoms with Gasteiger partial charge in [0.25, 0.3) is 5.91 Å². The number of halogens is 1. The van der Waals surface area contributed by atoms with Gasteiger partial charge < -0.3 is 14.4 Å². The molecular formula is C20H22ClN3O3. The van der Waals surface area contributed by atoms with E-state index in [2.05, 4.69) is 9.97 Å². The molecule has 0 saturated carbocycles. The van der Waals surface area contributed by atoms with Gasteiger partial charge in [0.15, 0.2) is 5.82 Å². The van der Waals surface area contributed by atoms with Crippen LogP contribution in [0.15, 0.2) is 36.5 Å². The van der Waals surface area contributed by atoms with Crippen molar-refractivity contribution < 1.29 is 14.3 Å². The van der Waals surface area contributed by atoms with Crippen LogP contribution in [0.4, 0.5) is 0 Å². The molecule has 1 spiro atoms. The maximum Gasteiger partial charge on any atom is 0.272 e. The summed E-state index contributed by atoms with van der Waals surface area (Å²) in [6.07, 6.45) is 2.41. The van der Waals surface area contributed by atoms with Crippen LogP contribution in [-0.4, -0.2) is 58.3 Å². The minimum atomic E-state index is -0.437. The smallest absolute Gasteiger partial charge is 0.272 e. The zero-order valence-electron chi connectivity index (χ0n) is 15.4. The molecule has 142 valence electrons. The van der Waals surface area contributed by atoms with E-state index in [4.69, 9.17) is 21.1 Å². The monoisotopic (exact) mass is 387 g/mol.